The first kappa shape index (κ1) is 19.1. The number of nitrogens with zero attached hydrogens (tertiary/aromatic N) is 1. The van der Waals surface area contributed by atoms with Crippen molar-refractivity contribution < 1.29 is 24.2 Å². The number of para-hydroxylation sites is 1. The summed E-state index contributed by atoms with van der Waals surface area (Å²) >= 11 is 0. The van der Waals surface area contributed by atoms with Gasteiger partial charge in [-0.05, 0) is 49.8 Å². The standard InChI is InChI=1S/C22H19NO5/c1-3-28-22(27)19-14(2)23(17-7-5-4-6-8-17)20(24)18(19)13-15-9-11-16(12-10-15)21(25)26/h4-13H,3H2,1-2H3,(H,25,26)/b18-13-. The van der Waals surface area contributed by atoms with Gasteiger partial charge in [0, 0.05) is 11.4 Å². The van der Waals surface area contributed by atoms with Crippen molar-refractivity contribution in [1.29, 1.82) is 0 Å². The van der Waals surface area contributed by atoms with E-state index in [1.54, 1.807) is 44.2 Å². The van der Waals surface area contributed by atoms with Gasteiger partial charge in [-0.25, -0.2) is 9.59 Å². The Labute approximate surface area is 162 Å². The van der Waals surface area contributed by atoms with E-state index in [0.29, 0.717) is 16.9 Å². The molecule has 0 aliphatic carbocycles. The summed E-state index contributed by atoms with van der Waals surface area (Å²) < 4.78 is 5.15. The number of anilines is 1. The van der Waals surface area contributed by atoms with Gasteiger partial charge in [-0.3, -0.25) is 9.69 Å². The monoisotopic (exact) mass is 377 g/mol. The number of carboxylic acid groups (broad SMARTS) is 1. The van der Waals surface area contributed by atoms with Gasteiger partial charge in [-0.15, -0.1) is 0 Å². The van der Waals surface area contributed by atoms with E-state index in [4.69, 9.17) is 9.84 Å². The molecular formula is C22H19NO5. The maximum absolute atomic E-state index is 13.1. The first-order valence-corrected chi connectivity index (χ1v) is 8.77. The van der Waals surface area contributed by atoms with Gasteiger partial charge < -0.3 is 9.84 Å². The fraction of sp³-hybridized carbons (Fsp3) is 0.136. The van der Waals surface area contributed by atoms with E-state index >= 15 is 0 Å². The molecule has 0 unspecified atom stereocenters. The van der Waals surface area contributed by atoms with Crippen LogP contribution in [0.1, 0.15) is 29.8 Å². The van der Waals surface area contributed by atoms with E-state index < -0.39 is 11.9 Å². The molecule has 0 bridgehead atoms. The molecule has 2 aromatic rings. The Bertz CT molecular complexity index is 987. The van der Waals surface area contributed by atoms with Crippen LogP contribution in [-0.2, 0) is 14.3 Å². The molecule has 0 saturated heterocycles. The van der Waals surface area contributed by atoms with Crippen LogP contribution >= 0.6 is 0 Å². The number of benzene rings is 2. The summed E-state index contributed by atoms with van der Waals surface area (Å²) in [6.07, 6.45) is 1.58. The van der Waals surface area contributed by atoms with Gasteiger partial charge >= 0.3 is 11.9 Å². The van der Waals surface area contributed by atoms with Crippen molar-refractivity contribution in [2.75, 3.05) is 11.5 Å². The second kappa shape index (κ2) is 7.92. The Kier molecular flexibility index (Phi) is 5.40. The summed E-state index contributed by atoms with van der Waals surface area (Å²) in [5.41, 5.74) is 2.31. The van der Waals surface area contributed by atoms with Crippen LogP contribution in [0.2, 0.25) is 0 Å². The van der Waals surface area contributed by atoms with Crippen LogP contribution in [0.4, 0.5) is 5.69 Å². The van der Waals surface area contributed by atoms with Crippen LogP contribution < -0.4 is 4.90 Å². The van der Waals surface area contributed by atoms with Gasteiger partial charge in [0.2, 0.25) is 0 Å². The molecule has 1 amide bonds. The number of rotatable bonds is 5. The summed E-state index contributed by atoms with van der Waals surface area (Å²) in [6, 6.07) is 15.1. The summed E-state index contributed by atoms with van der Waals surface area (Å²) in [4.78, 5) is 38.2. The molecule has 0 fully saturated rings. The van der Waals surface area contributed by atoms with Crippen molar-refractivity contribution in [2.45, 2.75) is 13.8 Å². The lowest BCUT2D eigenvalue weighted by Gasteiger charge is -2.17. The molecule has 1 heterocycles. The van der Waals surface area contributed by atoms with Gasteiger partial charge in [-0.2, -0.15) is 0 Å². The second-order valence-electron chi connectivity index (χ2n) is 6.14. The predicted molar refractivity (Wildman–Crippen MR) is 105 cm³/mol. The van der Waals surface area contributed by atoms with Crippen LogP contribution in [-0.4, -0.2) is 29.6 Å². The molecule has 142 valence electrons. The summed E-state index contributed by atoms with van der Waals surface area (Å²) in [5, 5.41) is 9.03. The number of carboxylic acids is 1. The number of hydrogen-bond donors (Lipinski definition) is 1. The van der Waals surface area contributed by atoms with E-state index in [-0.39, 0.29) is 29.2 Å². The molecule has 0 radical (unpaired) electrons. The van der Waals surface area contributed by atoms with Crippen molar-refractivity contribution >= 4 is 29.6 Å². The van der Waals surface area contributed by atoms with Crippen molar-refractivity contribution in [2.24, 2.45) is 0 Å². The second-order valence-corrected chi connectivity index (χ2v) is 6.14. The third kappa shape index (κ3) is 3.57. The highest BCUT2D eigenvalue weighted by Gasteiger charge is 2.37. The number of carbonyl (C=O) groups is 3. The number of carbonyl (C=O) groups excluding carboxylic acids is 2. The van der Waals surface area contributed by atoms with Crippen molar-refractivity contribution in [1.82, 2.24) is 0 Å². The number of esters is 1. The molecule has 0 atom stereocenters. The Morgan fingerprint density at radius 1 is 1.07 bits per heavy atom. The van der Waals surface area contributed by atoms with E-state index in [9.17, 15) is 14.4 Å². The van der Waals surface area contributed by atoms with Gasteiger partial charge in [0.25, 0.3) is 5.91 Å². The number of allylic oxidation sites excluding steroid dienone is 1. The van der Waals surface area contributed by atoms with E-state index in [2.05, 4.69) is 0 Å². The van der Waals surface area contributed by atoms with Crippen molar-refractivity contribution in [3.8, 4) is 0 Å². The smallest absolute Gasteiger partial charge is 0.340 e. The zero-order chi connectivity index (χ0) is 20.3. The van der Waals surface area contributed by atoms with Crippen molar-refractivity contribution in [3.63, 3.8) is 0 Å². The molecule has 0 aromatic heterocycles. The van der Waals surface area contributed by atoms with Gasteiger partial charge in [0.1, 0.15) is 0 Å². The maximum atomic E-state index is 13.1. The highest BCUT2D eigenvalue weighted by atomic mass is 16.5. The molecule has 0 saturated carbocycles. The molecule has 1 aliphatic heterocycles. The molecular weight excluding hydrogens is 358 g/mol. The number of hydrogen-bond acceptors (Lipinski definition) is 4. The van der Waals surface area contributed by atoms with Gasteiger partial charge in [0.05, 0.1) is 23.3 Å². The number of ether oxygens (including phenoxy) is 1. The third-order valence-electron chi connectivity index (χ3n) is 4.36. The SMILES string of the molecule is CCOC(=O)C1=C(C)N(c2ccccc2)C(=O)/C1=C\c1ccc(C(=O)O)cc1. The van der Waals surface area contributed by atoms with Crippen molar-refractivity contribution in [3.05, 3.63) is 82.6 Å². The first-order chi connectivity index (χ1) is 13.4. The topological polar surface area (TPSA) is 83.9 Å². The minimum Gasteiger partial charge on any atom is -0.478 e. The molecule has 3 rings (SSSR count). The molecule has 6 heteroatoms. The summed E-state index contributed by atoms with van der Waals surface area (Å²) in [7, 11) is 0. The molecule has 0 spiro atoms. The highest BCUT2D eigenvalue weighted by Crippen LogP contribution is 2.35. The maximum Gasteiger partial charge on any atom is 0.340 e. The van der Waals surface area contributed by atoms with Crippen LogP contribution in [0.15, 0.2) is 71.4 Å². The zero-order valence-electron chi connectivity index (χ0n) is 15.5. The Hall–Kier alpha value is -3.67. The highest BCUT2D eigenvalue weighted by molar-refractivity contribution is 6.23. The van der Waals surface area contributed by atoms with Gasteiger partial charge in [-0.1, -0.05) is 30.3 Å². The number of aromatic carboxylic acids is 1. The van der Waals surface area contributed by atoms with Crippen LogP contribution in [0.25, 0.3) is 6.08 Å². The van der Waals surface area contributed by atoms with Crippen LogP contribution in [0.3, 0.4) is 0 Å². The quantitative estimate of drug-likeness (QED) is 0.635. The Morgan fingerprint density at radius 3 is 2.29 bits per heavy atom. The van der Waals surface area contributed by atoms with Crippen LogP contribution in [0, 0.1) is 0 Å². The normalized spacial score (nSPS) is 15.3. The fourth-order valence-corrected chi connectivity index (χ4v) is 3.06. The average Bonchev–Trinajstić information content (AvgIpc) is 2.93. The largest absolute Gasteiger partial charge is 0.478 e. The predicted octanol–water partition coefficient (Wildman–Crippen LogP) is 3.65. The lowest BCUT2D eigenvalue weighted by molar-refractivity contribution is -0.138. The van der Waals surface area contributed by atoms with E-state index in [1.807, 2.05) is 18.2 Å². The third-order valence-corrected chi connectivity index (χ3v) is 4.36. The number of amides is 1. The fourth-order valence-electron chi connectivity index (χ4n) is 3.06. The minimum absolute atomic E-state index is 0.142. The summed E-state index contributed by atoms with van der Waals surface area (Å²) in [6.45, 7) is 3.59. The molecule has 6 nitrogen and oxygen atoms in total. The Morgan fingerprint density at radius 2 is 1.71 bits per heavy atom. The lowest BCUT2D eigenvalue weighted by Crippen LogP contribution is -2.24. The molecule has 2 aromatic carbocycles. The zero-order valence-corrected chi connectivity index (χ0v) is 15.5. The minimum atomic E-state index is -1.03. The molecule has 28 heavy (non-hydrogen) atoms. The molecule has 1 N–H and O–H groups in total. The Balaban J connectivity index is 2.08. The summed E-state index contributed by atoms with van der Waals surface area (Å²) in [5.74, 6) is -1.94. The van der Waals surface area contributed by atoms with E-state index in [0.717, 1.165) is 0 Å². The first-order valence-electron chi connectivity index (χ1n) is 8.77. The van der Waals surface area contributed by atoms with E-state index in [1.165, 1.54) is 17.0 Å². The average molecular weight is 377 g/mol. The van der Waals surface area contributed by atoms with Crippen LogP contribution in [0.5, 0.6) is 0 Å². The lowest BCUT2D eigenvalue weighted by atomic mass is 10.0. The molecule has 1 aliphatic rings. The van der Waals surface area contributed by atoms with Gasteiger partial charge in [0.15, 0.2) is 0 Å².